The van der Waals surface area contributed by atoms with Crippen molar-refractivity contribution < 1.29 is 9.72 Å². The molecule has 116 valence electrons. The molecule has 3 rings (SSSR count). The molecule has 0 spiro atoms. The third-order valence-electron chi connectivity index (χ3n) is 3.77. The number of carbonyl (C=O) groups excluding carboxylic acids is 1. The SMILES string of the molecule is NC1=NC(Cc2ccccc2)(c2cccc([N+](=O)[O-])c2)C(=O)N1. The van der Waals surface area contributed by atoms with E-state index in [0.29, 0.717) is 5.56 Å². The van der Waals surface area contributed by atoms with E-state index in [-0.39, 0.29) is 24.0 Å². The number of rotatable bonds is 4. The number of nitrogens with one attached hydrogen (secondary N) is 1. The van der Waals surface area contributed by atoms with E-state index in [1.807, 2.05) is 30.3 Å². The zero-order chi connectivity index (χ0) is 16.4. The van der Waals surface area contributed by atoms with Gasteiger partial charge in [0, 0.05) is 18.6 Å². The third kappa shape index (κ3) is 2.64. The van der Waals surface area contributed by atoms with E-state index >= 15 is 0 Å². The van der Waals surface area contributed by atoms with Gasteiger partial charge >= 0.3 is 0 Å². The first-order valence-corrected chi connectivity index (χ1v) is 6.97. The topological polar surface area (TPSA) is 111 Å². The summed E-state index contributed by atoms with van der Waals surface area (Å²) in [5.41, 5.74) is 5.61. The lowest BCUT2D eigenvalue weighted by Gasteiger charge is -2.23. The largest absolute Gasteiger partial charge is 0.370 e. The third-order valence-corrected chi connectivity index (χ3v) is 3.77. The zero-order valence-electron chi connectivity index (χ0n) is 12.1. The van der Waals surface area contributed by atoms with Crippen molar-refractivity contribution in [2.45, 2.75) is 12.0 Å². The first-order valence-electron chi connectivity index (χ1n) is 6.97. The average molecular weight is 310 g/mol. The van der Waals surface area contributed by atoms with E-state index in [4.69, 9.17) is 5.73 Å². The lowest BCUT2D eigenvalue weighted by atomic mass is 9.84. The predicted molar refractivity (Wildman–Crippen MR) is 84.7 cm³/mol. The second-order valence-corrected chi connectivity index (χ2v) is 5.28. The van der Waals surface area contributed by atoms with Crippen molar-refractivity contribution in [3.8, 4) is 0 Å². The highest BCUT2D eigenvalue weighted by Gasteiger charge is 2.45. The first kappa shape index (κ1) is 14.7. The van der Waals surface area contributed by atoms with Crippen LogP contribution in [0.2, 0.25) is 0 Å². The molecule has 2 aromatic carbocycles. The molecule has 0 aromatic heterocycles. The normalized spacial score (nSPS) is 20.0. The number of hydrogen-bond donors (Lipinski definition) is 2. The summed E-state index contributed by atoms with van der Waals surface area (Å²) in [6.07, 6.45) is 0.265. The Hall–Kier alpha value is -3.22. The van der Waals surface area contributed by atoms with Crippen LogP contribution < -0.4 is 11.1 Å². The summed E-state index contributed by atoms with van der Waals surface area (Å²) in [6.45, 7) is 0. The van der Waals surface area contributed by atoms with Crippen molar-refractivity contribution in [3.63, 3.8) is 0 Å². The molecule has 1 heterocycles. The summed E-state index contributed by atoms with van der Waals surface area (Å²) in [5.74, 6) is -0.378. The number of nitro groups is 1. The Bertz CT molecular complexity index is 804. The number of nitro benzene ring substituents is 1. The van der Waals surface area contributed by atoms with Crippen LogP contribution >= 0.6 is 0 Å². The van der Waals surface area contributed by atoms with Crippen LogP contribution in [0, 0.1) is 10.1 Å². The summed E-state index contributed by atoms with van der Waals surface area (Å²) in [5, 5.41) is 13.5. The smallest absolute Gasteiger partial charge is 0.269 e. The predicted octanol–water partition coefficient (Wildman–Crippen LogP) is 1.48. The summed E-state index contributed by atoms with van der Waals surface area (Å²) >= 11 is 0. The maximum absolute atomic E-state index is 12.5. The zero-order valence-corrected chi connectivity index (χ0v) is 12.1. The van der Waals surface area contributed by atoms with E-state index in [2.05, 4.69) is 10.3 Å². The van der Waals surface area contributed by atoms with Gasteiger partial charge in [0.25, 0.3) is 11.6 Å². The Labute approximate surface area is 132 Å². The fourth-order valence-corrected chi connectivity index (χ4v) is 2.69. The molecule has 2 aromatic rings. The second-order valence-electron chi connectivity index (χ2n) is 5.28. The quantitative estimate of drug-likeness (QED) is 0.658. The Morgan fingerprint density at radius 2 is 1.91 bits per heavy atom. The molecule has 0 aliphatic carbocycles. The van der Waals surface area contributed by atoms with E-state index in [0.717, 1.165) is 5.56 Å². The number of hydrogen-bond acceptors (Lipinski definition) is 5. The molecule has 1 aliphatic rings. The van der Waals surface area contributed by atoms with Crippen LogP contribution in [0.1, 0.15) is 11.1 Å². The van der Waals surface area contributed by atoms with Crippen molar-refractivity contribution in [1.29, 1.82) is 0 Å². The Kier molecular flexibility index (Phi) is 3.53. The fourth-order valence-electron chi connectivity index (χ4n) is 2.69. The maximum Gasteiger partial charge on any atom is 0.269 e. The molecule has 23 heavy (non-hydrogen) atoms. The number of guanidine groups is 1. The van der Waals surface area contributed by atoms with Crippen LogP contribution in [0.5, 0.6) is 0 Å². The molecule has 1 amide bonds. The Balaban J connectivity index is 2.12. The second kappa shape index (κ2) is 5.53. The van der Waals surface area contributed by atoms with Crippen molar-refractivity contribution in [2.24, 2.45) is 10.7 Å². The van der Waals surface area contributed by atoms with E-state index in [1.165, 1.54) is 18.2 Å². The van der Waals surface area contributed by atoms with E-state index in [9.17, 15) is 14.9 Å². The van der Waals surface area contributed by atoms with Crippen LogP contribution in [0.3, 0.4) is 0 Å². The number of aliphatic imine (C=N–C) groups is 1. The van der Waals surface area contributed by atoms with Crippen LogP contribution in [0.4, 0.5) is 5.69 Å². The van der Waals surface area contributed by atoms with Gasteiger partial charge in [-0.3, -0.25) is 20.2 Å². The molecule has 0 bridgehead atoms. The number of nitrogens with zero attached hydrogens (tertiary/aromatic N) is 2. The van der Waals surface area contributed by atoms with E-state index < -0.39 is 10.5 Å². The van der Waals surface area contributed by atoms with Crippen LogP contribution in [-0.4, -0.2) is 16.8 Å². The molecule has 3 N–H and O–H groups in total. The van der Waals surface area contributed by atoms with Crippen molar-refractivity contribution >= 4 is 17.6 Å². The van der Waals surface area contributed by atoms with Crippen molar-refractivity contribution in [3.05, 3.63) is 75.8 Å². The minimum atomic E-state index is -1.29. The summed E-state index contributed by atoms with van der Waals surface area (Å²) in [4.78, 5) is 27.3. The lowest BCUT2D eigenvalue weighted by Crippen LogP contribution is -2.40. The monoisotopic (exact) mass is 310 g/mol. The van der Waals surface area contributed by atoms with Gasteiger partial charge in [0.15, 0.2) is 11.5 Å². The van der Waals surface area contributed by atoms with Gasteiger partial charge in [-0.2, -0.15) is 0 Å². The van der Waals surface area contributed by atoms with Crippen LogP contribution in [-0.2, 0) is 16.8 Å². The molecule has 0 fully saturated rings. The molecule has 0 saturated carbocycles. The average Bonchev–Trinajstić information content (AvgIpc) is 2.83. The van der Waals surface area contributed by atoms with E-state index in [1.54, 1.807) is 6.07 Å². The fraction of sp³-hybridized carbons (Fsp3) is 0.125. The highest BCUT2D eigenvalue weighted by atomic mass is 16.6. The molecule has 7 heteroatoms. The minimum Gasteiger partial charge on any atom is -0.370 e. The van der Waals surface area contributed by atoms with Crippen LogP contribution in [0.25, 0.3) is 0 Å². The van der Waals surface area contributed by atoms with Gasteiger partial charge in [-0.1, -0.05) is 42.5 Å². The molecular weight excluding hydrogens is 296 g/mol. The highest BCUT2D eigenvalue weighted by molar-refractivity contribution is 6.07. The van der Waals surface area contributed by atoms with Crippen molar-refractivity contribution in [2.75, 3.05) is 0 Å². The van der Waals surface area contributed by atoms with Gasteiger partial charge in [-0.25, -0.2) is 4.99 Å². The molecule has 0 radical (unpaired) electrons. The maximum atomic E-state index is 12.5. The van der Waals surface area contributed by atoms with Gasteiger partial charge in [0.2, 0.25) is 0 Å². The summed E-state index contributed by atoms with van der Waals surface area (Å²) in [7, 11) is 0. The summed E-state index contributed by atoms with van der Waals surface area (Å²) in [6, 6.07) is 15.3. The molecule has 1 atom stereocenters. The first-order chi connectivity index (χ1) is 11.0. The standard InChI is InChI=1S/C16H14N4O3/c17-15-18-14(21)16(19-15,10-11-5-2-1-3-6-11)12-7-4-8-13(9-12)20(22)23/h1-9H,10H2,(H3,17,18,19,21). The molecule has 1 aliphatic heterocycles. The minimum absolute atomic E-state index is 0.0115. The number of amides is 1. The van der Waals surface area contributed by atoms with Gasteiger partial charge in [-0.05, 0) is 11.1 Å². The van der Waals surface area contributed by atoms with Crippen LogP contribution in [0.15, 0.2) is 59.6 Å². The van der Waals surface area contributed by atoms with Gasteiger partial charge in [0.1, 0.15) is 0 Å². The van der Waals surface area contributed by atoms with Crippen molar-refractivity contribution in [1.82, 2.24) is 5.32 Å². The Morgan fingerprint density at radius 3 is 2.52 bits per heavy atom. The van der Waals surface area contributed by atoms with Gasteiger partial charge in [-0.15, -0.1) is 0 Å². The molecular formula is C16H14N4O3. The lowest BCUT2D eigenvalue weighted by molar-refractivity contribution is -0.384. The summed E-state index contributed by atoms with van der Waals surface area (Å²) < 4.78 is 0. The molecule has 7 nitrogen and oxygen atoms in total. The number of carbonyl (C=O) groups is 1. The van der Waals surface area contributed by atoms with Gasteiger partial charge in [0.05, 0.1) is 4.92 Å². The number of benzene rings is 2. The number of nitrogens with two attached hydrogens (primary N) is 1. The Morgan fingerprint density at radius 1 is 1.17 bits per heavy atom. The number of non-ortho nitro benzene ring substituents is 1. The van der Waals surface area contributed by atoms with Gasteiger partial charge < -0.3 is 5.73 Å². The highest BCUT2D eigenvalue weighted by Crippen LogP contribution is 2.34. The molecule has 0 saturated heterocycles. The molecule has 1 unspecified atom stereocenters.